The number of hydrogen-bond donors (Lipinski definition) is 1. The maximum atomic E-state index is 13.7. The van der Waals surface area contributed by atoms with E-state index >= 15 is 0 Å². The minimum Gasteiger partial charge on any atom is -0.458 e. The molecular weight excluding hydrogens is 502 g/mol. The Morgan fingerprint density at radius 1 is 0.975 bits per heavy atom. The quantitative estimate of drug-likeness (QED) is 0.444. The Bertz CT molecular complexity index is 1480. The lowest BCUT2D eigenvalue weighted by molar-refractivity contribution is -0.270. The van der Waals surface area contributed by atoms with Crippen molar-refractivity contribution in [3.05, 3.63) is 83.9 Å². The van der Waals surface area contributed by atoms with E-state index in [-0.39, 0.29) is 58.6 Å². The number of piperidine rings is 2. The summed E-state index contributed by atoms with van der Waals surface area (Å²) in [5.41, 5.74) is 0.505. The predicted molar refractivity (Wildman–Crippen MR) is 146 cm³/mol. The molecule has 1 N–H and O–H groups in total. The third kappa shape index (κ3) is 2.36. The molecule has 6 heteroatoms. The van der Waals surface area contributed by atoms with Gasteiger partial charge in [-0.25, -0.2) is 9.59 Å². The van der Waals surface area contributed by atoms with Gasteiger partial charge in [0.15, 0.2) is 5.72 Å². The fraction of sp³-hybridized carbons (Fsp3) is 0.529. The Kier molecular flexibility index (Phi) is 4.31. The summed E-state index contributed by atoms with van der Waals surface area (Å²) >= 11 is 0. The largest absolute Gasteiger partial charge is 0.458 e. The number of aliphatic hydroxyl groups excluding tert-OH is 1. The molecule has 6 saturated carbocycles. The van der Waals surface area contributed by atoms with Gasteiger partial charge < -0.3 is 14.6 Å². The van der Waals surface area contributed by atoms with Crippen molar-refractivity contribution in [2.75, 3.05) is 6.54 Å². The number of rotatable bonds is 4. The molecule has 3 aliphatic heterocycles. The molecule has 9 bridgehead atoms. The normalized spacial score (nSPS) is 49.8. The number of ether oxygens (including phenoxy) is 2. The number of benzene rings is 2. The predicted octanol–water partition coefficient (Wildman–Crippen LogP) is 4.84. The highest BCUT2D eigenvalue weighted by molar-refractivity contribution is 5.90. The topological polar surface area (TPSA) is 76.1 Å². The average Bonchev–Trinajstić information content (AvgIpc) is 3.34. The molecule has 6 nitrogen and oxygen atoms in total. The summed E-state index contributed by atoms with van der Waals surface area (Å²) in [6.45, 7) is 7.71. The zero-order chi connectivity index (χ0) is 27.2. The van der Waals surface area contributed by atoms with Crippen molar-refractivity contribution in [3.63, 3.8) is 0 Å². The molecule has 206 valence electrons. The highest BCUT2D eigenvalue weighted by Crippen LogP contribution is 2.89. The van der Waals surface area contributed by atoms with Gasteiger partial charge in [0.2, 0.25) is 0 Å². The first-order chi connectivity index (χ1) is 19.3. The van der Waals surface area contributed by atoms with Crippen LogP contribution in [0.5, 0.6) is 0 Å². The van der Waals surface area contributed by atoms with Gasteiger partial charge in [0.05, 0.1) is 17.2 Å². The van der Waals surface area contributed by atoms with E-state index in [0.717, 1.165) is 37.8 Å². The smallest absolute Gasteiger partial charge is 0.339 e. The molecule has 2 spiro atoms. The van der Waals surface area contributed by atoms with Crippen LogP contribution in [0.15, 0.2) is 72.8 Å². The van der Waals surface area contributed by atoms with Crippen LogP contribution in [0.1, 0.15) is 59.7 Å². The molecule has 9 fully saturated rings. The molecule has 3 unspecified atom stereocenters. The van der Waals surface area contributed by atoms with Crippen LogP contribution in [0.4, 0.5) is 0 Å². The van der Waals surface area contributed by atoms with Crippen LogP contribution in [0.2, 0.25) is 0 Å². The second kappa shape index (κ2) is 7.27. The SMILES string of the molecule is C=C1[C@H]2C[C@H]3C4N5C[C@]6(C)CCC[C@]47[C@H]([C@H]2OC(=O)c2ccccc2)C3(C[C@]5(OC(=O)c2ccccc2)[C@H]67)[C@@H]1O. The number of carbonyl (C=O) groups is 2. The third-order valence-corrected chi connectivity index (χ3v) is 12.8. The zero-order valence-corrected chi connectivity index (χ0v) is 22.8. The monoisotopic (exact) mass is 537 g/mol. The Morgan fingerprint density at radius 2 is 1.65 bits per heavy atom. The summed E-state index contributed by atoms with van der Waals surface area (Å²) in [5, 5.41) is 12.1. The van der Waals surface area contributed by atoms with Crippen molar-refractivity contribution in [1.82, 2.24) is 4.90 Å². The summed E-state index contributed by atoms with van der Waals surface area (Å²) in [4.78, 5) is 29.8. The van der Waals surface area contributed by atoms with Crippen molar-refractivity contribution in [1.29, 1.82) is 0 Å². The first-order valence-electron chi connectivity index (χ1n) is 15.0. The van der Waals surface area contributed by atoms with Crippen LogP contribution >= 0.6 is 0 Å². The second-order valence-corrected chi connectivity index (χ2v) is 14.2. The number of carbonyl (C=O) groups excluding carboxylic acids is 2. The summed E-state index contributed by atoms with van der Waals surface area (Å²) in [6.07, 6.45) is 3.68. The first kappa shape index (κ1) is 23.7. The zero-order valence-electron chi connectivity index (χ0n) is 22.8. The number of hydrogen-bond acceptors (Lipinski definition) is 6. The van der Waals surface area contributed by atoms with Gasteiger partial charge in [-0.05, 0) is 60.4 Å². The molecular formula is C34H35NO5. The van der Waals surface area contributed by atoms with E-state index in [0.29, 0.717) is 17.5 Å². The highest BCUT2D eigenvalue weighted by Gasteiger charge is 2.95. The minimum absolute atomic E-state index is 0.0139. The summed E-state index contributed by atoms with van der Waals surface area (Å²) in [5.74, 6) is -0.166. The van der Waals surface area contributed by atoms with Gasteiger partial charge in [-0.3, -0.25) is 4.90 Å². The van der Waals surface area contributed by atoms with Gasteiger partial charge >= 0.3 is 11.9 Å². The van der Waals surface area contributed by atoms with E-state index in [4.69, 9.17) is 9.47 Å². The fourth-order valence-electron chi connectivity index (χ4n) is 12.4. The van der Waals surface area contributed by atoms with Crippen molar-refractivity contribution < 1.29 is 24.2 Å². The standard InChI is InChI=1S/C34H35NO5/c1-19-22-16-23-26-32-15-9-14-31(2)18-35(26)34(30(31)32,40-29(38)21-12-7-4-8-13-21)17-33(23,27(19)36)25(32)24(22)39-28(37)20-10-5-3-6-11-20/h3-8,10-13,22-27,30,36H,1,9,14-18H2,2H3/t22-,23+,24+,25+,26?,27-,30-,31+,32+,33?,34+/m1/s1. The van der Waals surface area contributed by atoms with E-state index in [1.54, 1.807) is 0 Å². The molecule has 12 atom stereocenters. The molecule has 0 radical (unpaired) electrons. The Hall–Kier alpha value is -2.96. The lowest BCUT2D eigenvalue weighted by Crippen LogP contribution is -2.72. The molecule has 3 saturated heterocycles. The number of nitrogens with zero attached hydrogens (tertiary/aromatic N) is 1. The molecule has 0 amide bonds. The van der Waals surface area contributed by atoms with Crippen molar-refractivity contribution in [3.8, 4) is 0 Å². The van der Waals surface area contributed by atoms with Crippen molar-refractivity contribution >= 4 is 11.9 Å². The molecule has 9 aliphatic rings. The van der Waals surface area contributed by atoms with Gasteiger partial charge in [0.1, 0.15) is 6.10 Å². The molecule has 2 aromatic rings. The van der Waals surface area contributed by atoms with E-state index in [1.807, 2.05) is 60.7 Å². The molecule has 11 rings (SSSR count). The van der Waals surface area contributed by atoms with Crippen LogP contribution in [0.25, 0.3) is 0 Å². The fourth-order valence-corrected chi connectivity index (χ4v) is 12.4. The van der Waals surface area contributed by atoms with Crippen molar-refractivity contribution in [2.24, 2.45) is 39.9 Å². The Morgan fingerprint density at radius 3 is 2.35 bits per heavy atom. The van der Waals surface area contributed by atoms with Gasteiger partial charge in [-0.2, -0.15) is 0 Å². The van der Waals surface area contributed by atoms with E-state index in [1.165, 1.54) is 0 Å². The molecule has 3 heterocycles. The minimum atomic E-state index is -0.751. The lowest BCUT2D eigenvalue weighted by atomic mass is 9.38. The van der Waals surface area contributed by atoms with Crippen LogP contribution < -0.4 is 0 Å². The molecule has 6 aliphatic carbocycles. The number of fused-ring (bicyclic) bond motifs is 1. The lowest BCUT2D eigenvalue weighted by Gasteiger charge is -2.68. The van der Waals surface area contributed by atoms with E-state index in [2.05, 4.69) is 18.4 Å². The number of aliphatic hydroxyl groups is 1. The van der Waals surface area contributed by atoms with E-state index in [9.17, 15) is 14.7 Å². The van der Waals surface area contributed by atoms with Gasteiger partial charge in [0, 0.05) is 47.6 Å². The van der Waals surface area contributed by atoms with Gasteiger partial charge in [0.25, 0.3) is 0 Å². The van der Waals surface area contributed by atoms with Crippen LogP contribution in [-0.4, -0.2) is 52.5 Å². The van der Waals surface area contributed by atoms with Crippen LogP contribution in [-0.2, 0) is 9.47 Å². The van der Waals surface area contributed by atoms with Gasteiger partial charge in [-0.15, -0.1) is 0 Å². The molecule has 2 aromatic carbocycles. The Balaban J connectivity index is 1.20. The van der Waals surface area contributed by atoms with Crippen LogP contribution in [0.3, 0.4) is 0 Å². The van der Waals surface area contributed by atoms with Gasteiger partial charge in [-0.1, -0.05) is 56.3 Å². The Labute approximate surface area is 234 Å². The van der Waals surface area contributed by atoms with Crippen molar-refractivity contribution in [2.45, 2.75) is 63.0 Å². The van der Waals surface area contributed by atoms with Crippen LogP contribution in [0, 0.1) is 39.9 Å². The van der Waals surface area contributed by atoms with E-state index < -0.39 is 17.2 Å². The average molecular weight is 538 g/mol. The summed E-state index contributed by atoms with van der Waals surface area (Å²) in [7, 11) is 0. The molecule has 0 aromatic heterocycles. The maximum absolute atomic E-state index is 13.7. The number of esters is 2. The third-order valence-electron chi connectivity index (χ3n) is 12.8. The molecule has 40 heavy (non-hydrogen) atoms. The first-order valence-corrected chi connectivity index (χ1v) is 15.0. The summed E-state index contributed by atoms with van der Waals surface area (Å²) < 4.78 is 13.3. The highest BCUT2D eigenvalue weighted by atomic mass is 16.6. The maximum Gasteiger partial charge on any atom is 0.339 e. The summed E-state index contributed by atoms with van der Waals surface area (Å²) in [6, 6.07) is 18.8. The second-order valence-electron chi connectivity index (χ2n) is 14.2.